The van der Waals surface area contributed by atoms with Crippen LogP contribution in [0.1, 0.15) is 113 Å². The van der Waals surface area contributed by atoms with Gasteiger partial charge in [0, 0.05) is 5.66 Å². The maximum atomic E-state index is 2.58. The zero-order valence-corrected chi connectivity index (χ0v) is 22.2. The summed E-state index contributed by atoms with van der Waals surface area (Å²) in [6.45, 7) is 17.5. The van der Waals surface area contributed by atoms with Crippen LogP contribution in [-0.4, -0.2) is 27.3 Å². The summed E-state index contributed by atoms with van der Waals surface area (Å²) < 4.78 is 0. The molecule has 165 valence electrons. The first-order valence-corrected chi connectivity index (χ1v) is 15.3. The number of rotatable bonds is 5. The van der Waals surface area contributed by atoms with Crippen LogP contribution in [-0.2, 0) is 0 Å². The maximum absolute atomic E-state index is 2.58. The van der Waals surface area contributed by atoms with Crippen LogP contribution in [0, 0.1) is 30.8 Å². The van der Waals surface area contributed by atoms with Crippen molar-refractivity contribution in [3.8, 4) is 0 Å². The topological polar surface area (TPSA) is 0 Å². The Morgan fingerprint density at radius 3 is 1.59 bits per heavy atom. The minimum Gasteiger partial charge on any atom is -0.0921 e. The summed E-state index contributed by atoms with van der Waals surface area (Å²) in [5.41, 5.74) is 4.55. The molecule has 3 fully saturated rings. The Kier molecular flexibility index (Phi) is 8.62. The second-order valence-corrected chi connectivity index (χ2v) is 18.7. The van der Waals surface area contributed by atoms with Gasteiger partial charge >= 0.3 is 0 Å². The van der Waals surface area contributed by atoms with Crippen molar-refractivity contribution in [2.45, 2.75) is 140 Å². The largest absolute Gasteiger partial charge is 0.0921 e. The van der Waals surface area contributed by atoms with Gasteiger partial charge in [0.05, 0.1) is 0 Å². The third kappa shape index (κ3) is 6.01. The second kappa shape index (κ2) is 10.2. The van der Waals surface area contributed by atoms with E-state index in [9.17, 15) is 0 Å². The first-order chi connectivity index (χ1) is 13.6. The smallest absolute Gasteiger partial charge is 0.0120 e. The van der Waals surface area contributed by atoms with Crippen molar-refractivity contribution in [1.82, 2.24) is 0 Å². The lowest BCUT2D eigenvalue weighted by atomic mass is 9.99. The van der Waals surface area contributed by atoms with E-state index >= 15 is 0 Å². The molecule has 0 spiro atoms. The van der Waals surface area contributed by atoms with Gasteiger partial charge in [0.1, 0.15) is 0 Å². The standard InChI is InChI=1S/C27H47P2/c1-21(29(26(2,3)4)27(5,6)7)24-19-14-20-25(24)28(22-15-10-8-11-16-22)23-17-12-9-13-18-23/h14,19-23H,8-13,15-18H2,1-7H3. The summed E-state index contributed by atoms with van der Waals surface area (Å²) in [6.07, 6.45) is 22.5. The van der Waals surface area contributed by atoms with Crippen molar-refractivity contribution in [2.75, 3.05) is 0 Å². The molecule has 3 saturated carbocycles. The first kappa shape index (κ1) is 24.5. The lowest BCUT2D eigenvalue weighted by molar-refractivity contribution is 0.484. The van der Waals surface area contributed by atoms with Gasteiger partial charge in [0.2, 0.25) is 0 Å². The monoisotopic (exact) mass is 433 g/mol. The quantitative estimate of drug-likeness (QED) is 0.379. The molecule has 2 heteroatoms. The summed E-state index contributed by atoms with van der Waals surface area (Å²) in [4.78, 5) is 0. The minimum absolute atomic E-state index is 0.00558. The van der Waals surface area contributed by atoms with Crippen LogP contribution in [0.25, 0.3) is 0 Å². The fraction of sp³-hybridized carbons (Fsp3) is 0.815. The van der Waals surface area contributed by atoms with E-state index in [0.29, 0.717) is 16.0 Å². The Balaban J connectivity index is 1.86. The summed E-state index contributed by atoms with van der Waals surface area (Å²) >= 11 is 0. The van der Waals surface area contributed by atoms with Gasteiger partial charge in [-0.15, -0.1) is 0 Å². The zero-order chi connectivity index (χ0) is 21.2. The Bertz CT molecular complexity index is 456. The molecular weight excluding hydrogens is 386 g/mol. The van der Waals surface area contributed by atoms with Crippen LogP contribution >= 0.6 is 15.8 Å². The van der Waals surface area contributed by atoms with Crippen LogP contribution in [0.5, 0.6) is 0 Å². The molecule has 3 rings (SSSR count). The Morgan fingerprint density at radius 2 is 1.17 bits per heavy atom. The summed E-state index contributed by atoms with van der Waals surface area (Å²) in [5.74, 6) is 1.75. The van der Waals surface area contributed by atoms with Gasteiger partial charge in [-0.1, -0.05) is 103 Å². The van der Waals surface area contributed by atoms with Crippen molar-refractivity contribution in [3.63, 3.8) is 0 Å². The predicted octanol–water partition coefficient (Wildman–Crippen LogP) is 9.33. The van der Waals surface area contributed by atoms with Gasteiger partial charge in [0.25, 0.3) is 0 Å². The molecule has 0 nitrogen and oxygen atoms in total. The van der Waals surface area contributed by atoms with Crippen molar-refractivity contribution in [2.24, 2.45) is 0 Å². The minimum atomic E-state index is -0.120. The molecule has 0 aliphatic heterocycles. The van der Waals surface area contributed by atoms with Gasteiger partial charge in [-0.05, 0) is 78.2 Å². The molecule has 1 unspecified atom stereocenters. The van der Waals surface area contributed by atoms with Gasteiger partial charge in [-0.2, -0.15) is 0 Å². The highest BCUT2D eigenvalue weighted by Gasteiger charge is 2.49. The van der Waals surface area contributed by atoms with E-state index in [4.69, 9.17) is 0 Å². The van der Waals surface area contributed by atoms with Crippen LogP contribution < -0.4 is 0 Å². The molecule has 0 amide bonds. The Labute approximate surface area is 186 Å². The molecule has 1 atom stereocenters. The van der Waals surface area contributed by atoms with E-state index in [2.05, 4.69) is 67.7 Å². The van der Waals surface area contributed by atoms with Crippen molar-refractivity contribution in [3.05, 3.63) is 30.8 Å². The van der Waals surface area contributed by atoms with Crippen LogP contribution in [0.2, 0.25) is 0 Å². The van der Waals surface area contributed by atoms with Gasteiger partial charge in [-0.3, -0.25) is 0 Å². The lowest BCUT2D eigenvalue weighted by Crippen LogP contribution is -2.35. The molecule has 0 aromatic heterocycles. The molecule has 29 heavy (non-hydrogen) atoms. The van der Waals surface area contributed by atoms with E-state index in [1.807, 2.05) is 5.66 Å². The second-order valence-electron chi connectivity index (χ2n) is 11.7. The zero-order valence-electron chi connectivity index (χ0n) is 20.4. The van der Waals surface area contributed by atoms with E-state index in [1.165, 1.54) is 64.2 Å². The summed E-state index contributed by atoms with van der Waals surface area (Å²) in [6, 6.07) is 0. The first-order valence-electron chi connectivity index (χ1n) is 12.4. The van der Waals surface area contributed by atoms with E-state index in [0.717, 1.165) is 11.3 Å². The van der Waals surface area contributed by atoms with Crippen LogP contribution in [0.15, 0.2) is 0 Å². The fourth-order valence-corrected chi connectivity index (χ4v) is 15.7. The summed E-state index contributed by atoms with van der Waals surface area (Å²) in [5, 5.41) is 0.778. The number of hydrogen-bond donors (Lipinski definition) is 0. The van der Waals surface area contributed by atoms with Crippen LogP contribution in [0.4, 0.5) is 0 Å². The molecule has 0 aromatic rings. The maximum Gasteiger partial charge on any atom is 0.0120 e. The molecule has 5 radical (unpaired) electrons. The molecule has 3 aliphatic rings. The molecular formula is C27H47P2. The predicted molar refractivity (Wildman–Crippen MR) is 136 cm³/mol. The Hall–Kier alpha value is 0.860. The van der Waals surface area contributed by atoms with Gasteiger partial charge < -0.3 is 0 Å². The molecule has 0 bridgehead atoms. The summed E-state index contributed by atoms with van der Waals surface area (Å²) in [7, 11) is -0.114. The SMILES string of the molecule is CC([C]1[CH][CH][CH][C]1P(C1CCCCC1)C1CCCCC1)P(C(C)(C)C)C(C)(C)C. The molecule has 0 saturated heterocycles. The third-order valence-corrected chi connectivity index (χ3v) is 14.8. The lowest BCUT2D eigenvalue weighted by Gasteiger charge is -2.50. The molecule has 3 aliphatic carbocycles. The van der Waals surface area contributed by atoms with Crippen molar-refractivity contribution in [1.29, 1.82) is 0 Å². The van der Waals surface area contributed by atoms with Crippen molar-refractivity contribution < 1.29 is 0 Å². The highest BCUT2D eigenvalue weighted by Crippen LogP contribution is 2.73. The molecule has 0 aromatic carbocycles. The van der Waals surface area contributed by atoms with Gasteiger partial charge in [0.15, 0.2) is 0 Å². The Morgan fingerprint density at radius 1 is 0.724 bits per heavy atom. The fourth-order valence-electron chi connectivity index (χ4n) is 6.73. The normalized spacial score (nSPS) is 26.0. The average Bonchev–Trinajstić information content (AvgIpc) is 3.11. The highest BCUT2D eigenvalue weighted by molar-refractivity contribution is 7.64. The van der Waals surface area contributed by atoms with Crippen LogP contribution in [0.3, 0.4) is 0 Å². The average molecular weight is 434 g/mol. The van der Waals surface area contributed by atoms with E-state index in [-0.39, 0.29) is 15.8 Å². The molecule has 0 N–H and O–H groups in total. The number of hydrogen-bond acceptors (Lipinski definition) is 0. The third-order valence-electron chi connectivity index (χ3n) is 7.32. The molecule has 0 heterocycles. The highest BCUT2D eigenvalue weighted by atomic mass is 31.1. The van der Waals surface area contributed by atoms with E-state index < -0.39 is 0 Å². The van der Waals surface area contributed by atoms with E-state index in [1.54, 1.807) is 5.92 Å². The van der Waals surface area contributed by atoms with Crippen molar-refractivity contribution >= 4 is 15.8 Å². The van der Waals surface area contributed by atoms with Gasteiger partial charge in [-0.25, -0.2) is 0 Å².